The zero-order chi connectivity index (χ0) is 14.9. The van der Waals surface area contributed by atoms with E-state index in [0.717, 1.165) is 11.5 Å². The minimum absolute atomic E-state index is 0.0382. The lowest BCUT2D eigenvalue weighted by atomic mass is 9.82. The molecule has 1 aliphatic carbocycles. The Morgan fingerprint density at radius 3 is 2.21 bits per heavy atom. The van der Waals surface area contributed by atoms with Crippen molar-refractivity contribution in [3.05, 3.63) is 0 Å². The summed E-state index contributed by atoms with van der Waals surface area (Å²) < 4.78 is 0. The molecule has 1 saturated carbocycles. The number of nitrogens with one attached hydrogen (secondary N) is 2. The van der Waals surface area contributed by atoms with E-state index in [4.69, 9.17) is 12.2 Å². The summed E-state index contributed by atoms with van der Waals surface area (Å²) in [6.07, 6.45) is 4.83. The first kappa shape index (κ1) is 16.7. The fourth-order valence-electron chi connectivity index (χ4n) is 3.46. The average Bonchev–Trinajstić information content (AvgIpc) is 2.38. The van der Waals surface area contributed by atoms with Crippen molar-refractivity contribution >= 4 is 17.3 Å². The molecule has 0 spiro atoms. The van der Waals surface area contributed by atoms with Crippen LogP contribution < -0.4 is 10.6 Å². The largest absolute Gasteiger partial charge is 0.360 e. The van der Waals surface area contributed by atoms with Crippen molar-refractivity contribution in [3.8, 4) is 0 Å². The highest BCUT2D eigenvalue weighted by Gasteiger charge is 2.32. The van der Waals surface area contributed by atoms with Crippen LogP contribution in [0.4, 0.5) is 0 Å². The molecule has 1 atom stereocenters. The first-order chi connectivity index (χ1) is 8.39. The maximum atomic E-state index is 5.48. The van der Waals surface area contributed by atoms with Crippen LogP contribution in [0, 0.1) is 10.8 Å². The summed E-state index contributed by atoms with van der Waals surface area (Å²) in [6.45, 7) is 15.9. The molecule has 0 aliphatic heterocycles. The summed E-state index contributed by atoms with van der Waals surface area (Å²) in [7, 11) is 0. The molecule has 19 heavy (non-hydrogen) atoms. The SMILES string of the molecule is CC(C)(C)CC(C)(C)NC(=S)NC1CCC(C)(C)C1. The van der Waals surface area contributed by atoms with Crippen LogP contribution in [0.25, 0.3) is 0 Å². The lowest BCUT2D eigenvalue weighted by molar-refractivity contribution is 0.266. The summed E-state index contributed by atoms with van der Waals surface area (Å²) in [5.41, 5.74) is 0.812. The van der Waals surface area contributed by atoms with Gasteiger partial charge in [-0.3, -0.25) is 0 Å². The molecule has 0 aromatic heterocycles. The Morgan fingerprint density at radius 1 is 1.21 bits per heavy atom. The summed E-state index contributed by atoms with van der Waals surface area (Å²) in [5.74, 6) is 0. The molecule has 2 N–H and O–H groups in total. The highest BCUT2D eigenvalue weighted by Crippen LogP contribution is 2.36. The van der Waals surface area contributed by atoms with Gasteiger partial charge in [0.2, 0.25) is 0 Å². The molecular formula is C16H32N2S. The van der Waals surface area contributed by atoms with E-state index in [1.807, 2.05) is 0 Å². The quantitative estimate of drug-likeness (QED) is 0.758. The molecular weight excluding hydrogens is 252 g/mol. The van der Waals surface area contributed by atoms with Gasteiger partial charge in [0.1, 0.15) is 0 Å². The van der Waals surface area contributed by atoms with Gasteiger partial charge in [-0.2, -0.15) is 0 Å². The van der Waals surface area contributed by atoms with E-state index < -0.39 is 0 Å². The molecule has 0 bridgehead atoms. The van der Waals surface area contributed by atoms with Crippen LogP contribution in [-0.2, 0) is 0 Å². The fourth-order valence-corrected chi connectivity index (χ4v) is 3.90. The zero-order valence-corrected chi connectivity index (χ0v) is 14.6. The molecule has 0 aromatic carbocycles. The van der Waals surface area contributed by atoms with E-state index in [-0.39, 0.29) is 5.54 Å². The third-order valence-electron chi connectivity index (χ3n) is 3.73. The number of thiocarbonyl (C=S) groups is 1. The van der Waals surface area contributed by atoms with Gasteiger partial charge in [-0.25, -0.2) is 0 Å². The normalized spacial score (nSPS) is 23.2. The van der Waals surface area contributed by atoms with Gasteiger partial charge in [0.25, 0.3) is 0 Å². The lowest BCUT2D eigenvalue weighted by Gasteiger charge is -2.35. The molecule has 2 nitrogen and oxygen atoms in total. The van der Waals surface area contributed by atoms with E-state index in [1.54, 1.807) is 0 Å². The second-order valence-electron chi connectivity index (χ2n) is 8.82. The lowest BCUT2D eigenvalue weighted by Crippen LogP contribution is -2.51. The van der Waals surface area contributed by atoms with Gasteiger partial charge in [0, 0.05) is 11.6 Å². The van der Waals surface area contributed by atoms with E-state index in [9.17, 15) is 0 Å². The van der Waals surface area contributed by atoms with Crippen LogP contribution in [0.5, 0.6) is 0 Å². The Labute approximate surface area is 125 Å². The minimum Gasteiger partial charge on any atom is -0.360 e. The van der Waals surface area contributed by atoms with E-state index in [1.165, 1.54) is 19.3 Å². The molecule has 1 fully saturated rings. The summed E-state index contributed by atoms with van der Waals surface area (Å²) in [4.78, 5) is 0. The Morgan fingerprint density at radius 2 is 1.79 bits per heavy atom. The third kappa shape index (κ3) is 6.60. The smallest absolute Gasteiger partial charge is 0.166 e. The molecule has 1 aliphatic rings. The van der Waals surface area contributed by atoms with Crippen LogP contribution in [0.1, 0.15) is 74.1 Å². The first-order valence-electron chi connectivity index (χ1n) is 7.47. The average molecular weight is 285 g/mol. The topological polar surface area (TPSA) is 24.1 Å². The number of rotatable bonds is 3. The highest BCUT2D eigenvalue weighted by atomic mass is 32.1. The van der Waals surface area contributed by atoms with Gasteiger partial charge in [0.15, 0.2) is 5.11 Å². The van der Waals surface area contributed by atoms with Crippen molar-refractivity contribution in [2.24, 2.45) is 10.8 Å². The molecule has 0 saturated heterocycles. The van der Waals surface area contributed by atoms with Crippen molar-refractivity contribution in [1.82, 2.24) is 10.6 Å². The number of hydrogen-bond donors (Lipinski definition) is 2. The molecule has 1 rings (SSSR count). The van der Waals surface area contributed by atoms with Crippen molar-refractivity contribution in [2.75, 3.05) is 0 Å². The predicted molar refractivity (Wildman–Crippen MR) is 88.4 cm³/mol. The second-order valence-corrected chi connectivity index (χ2v) is 9.23. The summed E-state index contributed by atoms with van der Waals surface area (Å²) in [5, 5.41) is 7.80. The Balaban J connectivity index is 2.43. The van der Waals surface area contributed by atoms with Crippen molar-refractivity contribution in [3.63, 3.8) is 0 Å². The Bertz CT molecular complexity index is 326. The van der Waals surface area contributed by atoms with Gasteiger partial charge in [0.05, 0.1) is 0 Å². The molecule has 112 valence electrons. The molecule has 0 radical (unpaired) electrons. The van der Waals surface area contributed by atoms with E-state index in [2.05, 4.69) is 59.1 Å². The van der Waals surface area contributed by atoms with Crippen LogP contribution in [-0.4, -0.2) is 16.7 Å². The molecule has 1 unspecified atom stereocenters. The van der Waals surface area contributed by atoms with E-state index in [0.29, 0.717) is 16.9 Å². The van der Waals surface area contributed by atoms with Gasteiger partial charge in [-0.15, -0.1) is 0 Å². The van der Waals surface area contributed by atoms with Crippen molar-refractivity contribution in [1.29, 1.82) is 0 Å². The predicted octanol–water partition coefficient (Wildman–Crippen LogP) is 4.24. The second kappa shape index (κ2) is 5.59. The van der Waals surface area contributed by atoms with Gasteiger partial charge < -0.3 is 10.6 Å². The fraction of sp³-hybridized carbons (Fsp3) is 0.938. The first-order valence-corrected chi connectivity index (χ1v) is 7.88. The maximum absolute atomic E-state index is 5.48. The van der Waals surface area contributed by atoms with Crippen LogP contribution in [0.2, 0.25) is 0 Å². The monoisotopic (exact) mass is 284 g/mol. The Hall–Kier alpha value is -0.310. The van der Waals surface area contributed by atoms with Gasteiger partial charge >= 0.3 is 0 Å². The Kier molecular flexibility index (Phi) is 4.93. The van der Waals surface area contributed by atoms with Crippen LogP contribution >= 0.6 is 12.2 Å². The van der Waals surface area contributed by atoms with Gasteiger partial charge in [-0.1, -0.05) is 34.6 Å². The molecule has 0 heterocycles. The molecule has 3 heteroatoms. The van der Waals surface area contributed by atoms with Gasteiger partial charge in [-0.05, 0) is 62.6 Å². The van der Waals surface area contributed by atoms with E-state index >= 15 is 0 Å². The molecule has 0 amide bonds. The summed E-state index contributed by atoms with van der Waals surface area (Å²) >= 11 is 5.48. The maximum Gasteiger partial charge on any atom is 0.166 e. The molecule has 0 aromatic rings. The van der Waals surface area contributed by atoms with Crippen LogP contribution in [0.3, 0.4) is 0 Å². The zero-order valence-electron chi connectivity index (χ0n) is 13.8. The standard InChI is InChI=1S/C16H32N2S/c1-14(2,3)11-16(6,7)18-13(19)17-12-8-9-15(4,5)10-12/h12H,8-11H2,1-7H3,(H2,17,18,19). The third-order valence-corrected chi connectivity index (χ3v) is 3.95. The highest BCUT2D eigenvalue weighted by molar-refractivity contribution is 7.80. The minimum atomic E-state index is 0.0382. The summed E-state index contributed by atoms with van der Waals surface area (Å²) in [6, 6.07) is 0.542. The van der Waals surface area contributed by atoms with Crippen LogP contribution in [0.15, 0.2) is 0 Å². The van der Waals surface area contributed by atoms with Crippen molar-refractivity contribution in [2.45, 2.75) is 85.7 Å². The number of hydrogen-bond acceptors (Lipinski definition) is 1. The van der Waals surface area contributed by atoms with Crippen molar-refractivity contribution < 1.29 is 0 Å².